The molecule has 1 amide bonds. The molecule has 0 bridgehead atoms. The van der Waals surface area contributed by atoms with Crippen LogP contribution >= 0.6 is 0 Å². The standard InChI is InChI=1S/C16H24N2O5/c1-16(2,3)22-15(20)18-7-5-11(6-8-18)13-9-12(23-17-13)10-14(19)21-4/h9,11H,5-8,10H2,1-4H3. The zero-order valence-corrected chi connectivity index (χ0v) is 14.1. The van der Waals surface area contributed by atoms with Gasteiger partial charge in [-0.1, -0.05) is 5.16 Å². The topological polar surface area (TPSA) is 81.9 Å². The first kappa shape index (κ1) is 17.3. The second-order valence-corrected chi connectivity index (χ2v) is 6.71. The quantitative estimate of drug-likeness (QED) is 0.795. The van der Waals surface area contributed by atoms with E-state index >= 15 is 0 Å². The Morgan fingerprint density at radius 1 is 1.35 bits per heavy atom. The van der Waals surface area contributed by atoms with E-state index in [1.807, 2.05) is 20.8 Å². The molecule has 1 aliphatic heterocycles. The lowest BCUT2D eigenvalue weighted by Gasteiger charge is -2.32. The third kappa shape index (κ3) is 4.97. The van der Waals surface area contributed by atoms with Crippen molar-refractivity contribution in [3.63, 3.8) is 0 Å². The second kappa shape index (κ2) is 7.02. The van der Waals surface area contributed by atoms with Gasteiger partial charge in [-0.15, -0.1) is 0 Å². The number of methoxy groups -OCH3 is 1. The van der Waals surface area contributed by atoms with E-state index in [4.69, 9.17) is 9.26 Å². The number of carbonyl (C=O) groups is 2. The van der Waals surface area contributed by atoms with Crippen molar-refractivity contribution in [1.29, 1.82) is 0 Å². The van der Waals surface area contributed by atoms with E-state index in [1.165, 1.54) is 7.11 Å². The number of amides is 1. The minimum atomic E-state index is -0.483. The van der Waals surface area contributed by atoms with E-state index in [1.54, 1.807) is 11.0 Å². The molecule has 1 aliphatic rings. The monoisotopic (exact) mass is 324 g/mol. The lowest BCUT2D eigenvalue weighted by atomic mass is 9.93. The summed E-state index contributed by atoms with van der Waals surface area (Å²) in [5.41, 5.74) is 0.343. The highest BCUT2D eigenvalue weighted by Gasteiger charge is 2.29. The average molecular weight is 324 g/mol. The molecular weight excluding hydrogens is 300 g/mol. The van der Waals surface area contributed by atoms with Gasteiger partial charge < -0.3 is 18.9 Å². The van der Waals surface area contributed by atoms with Crippen LogP contribution in [0.4, 0.5) is 4.79 Å². The first-order valence-electron chi connectivity index (χ1n) is 7.78. The SMILES string of the molecule is COC(=O)Cc1cc(C2CCN(C(=O)OC(C)(C)C)CC2)no1. The molecule has 128 valence electrons. The van der Waals surface area contributed by atoms with Crippen LogP contribution in [0.5, 0.6) is 0 Å². The van der Waals surface area contributed by atoms with Gasteiger partial charge in [0.1, 0.15) is 17.8 Å². The van der Waals surface area contributed by atoms with Crippen molar-refractivity contribution in [2.75, 3.05) is 20.2 Å². The van der Waals surface area contributed by atoms with Gasteiger partial charge in [0.25, 0.3) is 0 Å². The smallest absolute Gasteiger partial charge is 0.410 e. The van der Waals surface area contributed by atoms with E-state index in [2.05, 4.69) is 9.89 Å². The van der Waals surface area contributed by atoms with Gasteiger partial charge in [-0.2, -0.15) is 0 Å². The summed E-state index contributed by atoms with van der Waals surface area (Å²) < 4.78 is 15.2. The molecule has 1 saturated heterocycles. The molecule has 0 radical (unpaired) electrons. The largest absolute Gasteiger partial charge is 0.469 e. The maximum absolute atomic E-state index is 12.0. The van der Waals surface area contributed by atoms with Crippen molar-refractivity contribution < 1.29 is 23.6 Å². The predicted molar refractivity (Wildman–Crippen MR) is 82.0 cm³/mol. The van der Waals surface area contributed by atoms with Gasteiger partial charge in [0, 0.05) is 25.1 Å². The molecule has 1 aromatic heterocycles. The molecule has 2 rings (SSSR count). The molecule has 0 saturated carbocycles. The third-order valence-corrected chi connectivity index (χ3v) is 3.69. The highest BCUT2D eigenvalue weighted by molar-refractivity contribution is 5.71. The lowest BCUT2D eigenvalue weighted by Crippen LogP contribution is -2.41. The molecule has 1 aromatic rings. The summed E-state index contributed by atoms with van der Waals surface area (Å²) in [6, 6.07) is 1.80. The van der Waals surface area contributed by atoms with Crippen molar-refractivity contribution in [3.05, 3.63) is 17.5 Å². The van der Waals surface area contributed by atoms with Gasteiger partial charge in [-0.3, -0.25) is 4.79 Å². The molecule has 0 atom stereocenters. The third-order valence-electron chi connectivity index (χ3n) is 3.69. The van der Waals surface area contributed by atoms with Crippen molar-refractivity contribution in [1.82, 2.24) is 10.1 Å². The fourth-order valence-corrected chi connectivity index (χ4v) is 2.50. The zero-order chi connectivity index (χ0) is 17.0. The first-order chi connectivity index (χ1) is 10.8. The molecular formula is C16H24N2O5. The number of rotatable bonds is 3. The number of carbonyl (C=O) groups excluding carboxylic acids is 2. The molecule has 7 heteroatoms. The van der Waals surface area contributed by atoms with E-state index in [0.717, 1.165) is 18.5 Å². The van der Waals surface area contributed by atoms with Gasteiger partial charge in [0.05, 0.1) is 12.8 Å². The van der Waals surface area contributed by atoms with Crippen LogP contribution in [-0.2, 0) is 20.7 Å². The highest BCUT2D eigenvalue weighted by atomic mass is 16.6. The number of esters is 1. The van der Waals surface area contributed by atoms with Gasteiger partial charge >= 0.3 is 12.1 Å². The Hall–Kier alpha value is -2.05. The fraction of sp³-hybridized carbons (Fsp3) is 0.688. The number of hydrogen-bond donors (Lipinski definition) is 0. The average Bonchev–Trinajstić information content (AvgIpc) is 2.94. The van der Waals surface area contributed by atoms with Crippen LogP contribution < -0.4 is 0 Å². The van der Waals surface area contributed by atoms with E-state index < -0.39 is 5.60 Å². The van der Waals surface area contributed by atoms with Crippen molar-refractivity contribution in [2.24, 2.45) is 0 Å². The number of ether oxygens (including phenoxy) is 2. The normalized spacial score (nSPS) is 16.3. The Morgan fingerprint density at radius 2 is 2.00 bits per heavy atom. The minimum Gasteiger partial charge on any atom is -0.469 e. The van der Waals surface area contributed by atoms with Crippen LogP contribution in [0.2, 0.25) is 0 Å². The fourth-order valence-electron chi connectivity index (χ4n) is 2.50. The van der Waals surface area contributed by atoms with Crippen LogP contribution in [0.25, 0.3) is 0 Å². The van der Waals surface area contributed by atoms with Crippen molar-refractivity contribution in [3.8, 4) is 0 Å². The van der Waals surface area contributed by atoms with Gasteiger partial charge in [0.15, 0.2) is 0 Å². The summed E-state index contributed by atoms with van der Waals surface area (Å²) in [5, 5.41) is 4.04. The first-order valence-corrected chi connectivity index (χ1v) is 7.78. The van der Waals surface area contributed by atoms with Crippen LogP contribution in [-0.4, -0.2) is 47.9 Å². The summed E-state index contributed by atoms with van der Waals surface area (Å²) in [6.45, 7) is 6.82. The molecule has 0 spiro atoms. The molecule has 0 aliphatic carbocycles. The predicted octanol–water partition coefficient (Wildman–Crippen LogP) is 2.50. The van der Waals surface area contributed by atoms with Crippen LogP contribution in [0.15, 0.2) is 10.6 Å². The summed E-state index contributed by atoms with van der Waals surface area (Å²) >= 11 is 0. The van der Waals surface area contributed by atoms with E-state index in [9.17, 15) is 9.59 Å². The molecule has 7 nitrogen and oxygen atoms in total. The van der Waals surface area contributed by atoms with Crippen LogP contribution in [0, 0.1) is 0 Å². The van der Waals surface area contributed by atoms with Crippen molar-refractivity contribution >= 4 is 12.1 Å². The Balaban J connectivity index is 1.87. The molecule has 1 fully saturated rings. The molecule has 2 heterocycles. The van der Waals surface area contributed by atoms with Crippen LogP contribution in [0.3, 0.4) is 0 Å². The molecule has 0 N–H and O–H groups in total. The maximum atomic E-state index is 12.0. The number of aromatic nitrogens is 1. The Morgan fingerprint density at radius 3 is 2.57 bits per heavy atom. The minimum absolute atomic E-state index is 0.0836. The van der Waals surface area contributed by atoms with Crippen LogP contribution in [0.1, 0.15) is 51.0 Å². The number of hydrogen-bond acceptors (Lipinski definition) is 6. The Kier molecular flexibility index (Phi) is 5.28. The van der Waals surface area contributed by atoms with Gasteiger partial charge in [-0.05, 0) is 33.6 Å². The molecule has 0 aromatic carbocycles. The van der Waals surface area contributed by atoms with Gasteiger partial charge in [-0.25, -0.2) is 4.79 Å². The summed E-state index contributed by atoms with van der Waals surface area (Å²) in [5.74, 6) is 0.373. The van der Waals surface area contributed by atoms with Gasteiger partial charge in [0.2, 0.25) is 0 Å². The summed E-state index contributed by atoms with van der Waals surface area (Å²) in [4.78, 5) is 25.0. The molecule has 0 unspecified atom stereocenters. The van der Waals surface area contributed by atoms with Crippen molar-refractivity contribution in [2.45, 2.75) is 51.6 Å². The highest BCUT2D eigenvalue weighted by Crippen LogP contribution is 2.28. The number of piperidine rings is 1. The summed E-state index contributed by atoms with van der Waals surface area (Å²) in [7, 11) is 1.34. The second-order valence-electron chi connectivity index (χ2n) is 6.71. The zero-order valence-electron chi connectivity index (χ0n) is 14.1. The van der Waals surface area contributed by atoms with E-state index in [0.29, 0.717) is 18.8 Å². The van der Waals surface area contributed by atoms with E-state index in [-0.39, 0.29) is 24.4 Å². The Labute approximate surface area is 135 Å². The number of nitrogens with zero attached hydrogens (tertiary/aromatic N) is 2. The lowest BCUT2D eigenvalue weighted by molar-refractivity contribution is -0.140. The maximum Gasteiger partial charge on any atom is 0.410 e. The Bertz CT molecular complexity index is 553. The molecule has 23 heavy (non-hydrogen) atoms. The number of likely N-dealkylation sites (tertiary alicyclic amines) is 1. The summed E-state index contributed by atoms with van der Waals surface area (Å²) in [6.07, 6.45) is 1.40.